The maximum Gasteiger partial charge on any atom is 0.319 e. The average Bonchev–Trinajstić information content (AvgIpc) is 3.46. The molecule has 9 nitrogen and oxygen atoms in total. The normalized spacial score (nSPS) is 18.1. The lowest BCUT2D eigenvalue weighted by Gasteiger charge is -2.26. The van der Waals surface area contributed by atoms with Crippen LogP contribution in [0.5, 0.6) is 11.5 Å². The summed E-state index contributed by atoms with van der Waals surface area (Å²) in [5.41, 5.74) is 0.924. The molecule has 0 radical (unpaired) electrons. The third-order valence-corrected chi connectivity index (χ3v) is 7.28. The van der Waals surface area contributed by atoms with Crippen molar-refractivity contribution < 1.29 is 23.5 Å². The van der Waals surface area contributed by atoms with E-state index in [0.29, 0.717) is 58.9 Å². The number of likely N-dealkylation sites (N-methyl/N-ethyl adjacent to an activating group) is 1. The van der Waals surface area contributed by atoms with Gasteiger partial charge in [0.05, 0.1) is 34.3 Å². The minimum atomic E-state index is -0.626. The van der Waals surface area contributed by atoms with E-state index in [-0.39, 0.29) is 17.7 Å². The lowest BCUT2D eigenvalue weighted by atomic mass is 10.2. The first kappa shape index (κ1) is 23.5. The fourth-order valence-corrected chi connectivity index (χ4v) is 5.09. The number of likely N-dealkylation sites (tertiary alicyclic amines) is 1. The lowest BCUT2D eigenvalue weighted by molar-refractivity contribution is 0.000734. The van der Waals surface area contributed by atoms with Crippen LogP contribution in [0.25, 0.3) is 10.2 Å². The number of thiophene rings is 1. The van der Waals surface area contributed by atoms with E-state index in [1.807, 2.05) is 19.0 Å². The SMILES string of the molecule is CN(C)C1CCN(C(=O)c2cc3nccc(Oc4ccc(NC(=O)NC5COC5)cc4F)c3s2)C1. The second-order valence-corrected chi connectivity index (χ2v) is 9.92. The number of halogens is 1. The second-order valence-electron chi connectivity index (χ2n) is 8.87. The number of nitrogens with zero attached hydrogens (tertiary/aromatic N) is 3. The lowest BCUT2D eigenvalue weighted by Crippen LogP contribution is -2.49. The molecular formula is C24H26FN5O4S. The largest absolute Gasteiger partial charge is 0.453 e. The predicted molar refractivity (Wildman–Crippen MR) is 131 cm³/mol. The average molecular weight is 500 g/mol. The van der Waals surface area contributed by atoms with E-state index in [1.165, 1.54) is 23.5 Å². The van der Waals surface area contributed by atoms with Gasteiger partial charge in [0.1, 0.15) is 5.75 Å². The zero-order chi connectivity index (χ0) is 24.5. The van der Waals surface area contributed by atoms with Crippen LogP contribution in [0.1, 0.15) is 16.1 Å². The van der Waals surface area contributed by atoms with Crippen LogP contribution >= 0.6 is 11.3 Å². The summed E-state index contributed by atoms with van der Waals surface area (Å²) < 4.78 is 26.3. The van der Waals surface area contributed by atoms with Gasteiger partial charge < -0.3 is 29.9 Å². The van der Waals surface area contributed by atoms with Gasteiger partial charge >= 0.3 is 6.03 Å². The Balaban J connectivity index is 1.30. The Kier molecular flexibility index (Phi) is 6.54. The van der Waals surface area contributed by atoms with E-state index in [4.69, 9.17) is 9.47 Å². The summed E-state index contributed by atoms with van der Waals surface area (Å²) in [6, 6.07) is 7.51. The third kappa shape index (κ3) is 5.07. The Hall–Kier alpha value is -3.28. The molecule has 3 amide bonds. The van der Waals surface area contributed by atoms with Crippen LogP contribution in [0.4, 0.5) is 14.9 Å². The van der Waals surface area contributed by atoms with E-state index < -0.39 is 11.8 Å². The van der Waals surface area contributed by atoms with Crippen LogP contribution < -0.4 is 15.4 Å². The molecule has 2 N–H and O–H groups in total. The summed E-state index contributed by atoms with van der Waals surface area (Å²) in [5.74, 6) is -0.240. The predicted octanol–water partition coefficient (Wildman–Crippen LogP) is 3.52. The number of nitrogens with one attached hydrogen (secondary N) is 2. The van der Waals surface area contributed by atoms with Crippen LogP contribution in [0, 0.1) is 5.82 Å². The van der Waals surface area contributed by atoms with Gasteiger partial charge in [0.15, 0.2) is 11.6 Å². The number of fused-ring (bicyclic) bond motifs is 1. The molecular weight excluding hydrogens is 473 g/mol. The summed E-state index contributed by atoms with van der Waals surface area (Å²) in [6.45, 7) is 2.35. The Morgan fingerprint density at radius 3 is 2.74 bits per heavy atom. The topological polar surface area (TPSA) is 96.0 Å². The number of urea groups is 1. The summed E-state index contributed by atoms with van der Waals surface area (Å²) in [5, 5.41) is 5.33. The number of ether oxygens (including phenoxy) is 2. The number of pyridine rings is 1. The maximum absolute atomic E-state index is 14.8. The molecule has 4 heterocycles. The molecule has 0 bridgehead atoms. The molecule has 184 valence electrons. The smallest absolute Gasteiger partial charge is 0.319 e. The molecule has 2 aliphatic rings. The zero-order valence-electron chi connectivity index (χ0n) is 19.4. The zero-order valence-corrected chi connectivity index (χ0v) is 20.2. The number of amides is 3. The summed E-state index contributed by atoms with van der Waals surface area (Å²) in [7, 11) is 4.04. The number of hydrogen-bond donors (Lipinski definition) is 2. The summed E-state index contributed by atoms with van der Waals surface area (Å²) >= 11 is 1.29. The van der Waals surface area contributed by atoms with Gasteiger partial charge in [-0.25, -0.2) is 9.18 Å². The van der Waals surface area contributed by atoms with Crippen molar-refractivity contribution in [3.05, 3.63) is 47.2 Å². The quantitative estimate of drug-likeness (QED) is 0.539. The van der Waals surface area contributed by atoms with Gasteiger partial charge in [0, 0.05) is 43.1 Å². The van der Waals surface area contributed by atoms with Crippen molar-refractivity contribution in [1.82, 2.24) is 20.1 Å². The molecule has 11 heteroatoms. The van der Waals surface area contributed by atoms with Crippen molar-refractivity contribution in [2.45, 2.75) is 18.5 Å². The monoisotopic (exact) mass is 499 g/mol. The molecule has 2 aromatic heterocycles. The van der Waals surface area contributed by atoms with Crippen LogP contribution in [0.15, 0.2) is 36.5 Å². The molecule has 1 atom stereocenters. The minimum Gasteiger partial charge on any atom is -0.453 e. The van der Waals surface area contributed by atoms with Crippen molar-refractivity contribution >= 4 is 39.2 Å². The fraction of sp³-hybridized carbons (Fsp3) is 0.375. The number of anilines is 1. The Bertz CT molecular complexity index is 1260. The highest BCUT2D eigenvalue weighted by atomic mass is 32.1. The number of benzene rings is 1. The highest BCUT2D eigenvalue weighted by Crippen LogP contribution is 2.37. The molecule has 0 saturated carbocycles. The highest BCUT2D eigenvalue weighted by Gasteiger charge is 2.29. The van der Waals surface area contributed by atoms with E-state index in [0.717, 1.165) is 6.42 Å². The van der Waals surface area contributed by atoms with Crippen LogP contribution in [-0.4, -0.2) is 79.2 Å². The molecule has 5 rings (SSSR count). The molecule has 2 aliphatic heterocycles. The molecule has 0 aliphatic carbocycles. The van der Waals surface area contributed by atoms with E-state index in [1.54, 1.807) is 24.4 Å². The first-order valence-electron chi connectivity index (χ1n) is 11.3. The Labute approximate surface area is 205 Å². The Morgan fingerprint density at radius 1 is 1.23 bits per heavy atom. The van der Waals surface area contributed by atoms with Gasteiger partial charge in [0.25, 0.3) is 5.91 Å². The van der Waals surface area contributed by atoms with Crippen molar-refractivity contribution in [2.75, 3.05) is 45.7 Å². The highest BCUT2D eigenvalue weighted by molar-refractivity contribution is 7.21. The van der Waals surface area contributed by atoms with Gasteiger partial charge in [0.2, 0.25) is 0 Å². The van der Waals surface area contributed by atoms with Gasteiger partial charge in [-0.05, 0) is 38.7 Å². The van der Waals surface area contributed by atoms with Gasteiger partial charge in [-0.1, -0.05) is 0 Å². The first-order chi connectivity index (χ1) is 16.9. The Morgan fingerprint density at radius 2 is 2.06 bits per heavy atom. The number of carbonyl (C=O) groups excluding carboxylic acids is 2. The van der Waals surface area contributed by atoms with Gasteiger partial charge in [-0.2, -0.15) is 0 Å². The van der Waals surface area contributed by atoms with Crippen molar-refractivity contribution in [3.63, 3.8) is 0 Å². The summed E-state index contributed by atoms with van der Waals surface area (Å²) in [6.07, 6.45) is 2.51. The third-order valence-electron chi connectivity index (χ3n) is 6.15. The number of rotatable bonds is 6. The number of aromatic nitrogens is 1. The van der Waals surface area contributed by atoms with E-state index in [9.17, 15) is 14.0 Å². The van der Waals surface area contributed by atoms with E-state index >= 15 is 0 Å². The molecule has 1 unspecified atom stereocenters. The fourth-order valence-electron chi connectivity index (χ4n) is 4.06. The molecule has 3 aromatic rings. The summed E-state index contributed by atoms with van der Waals surface area (Å²) in [4.78, 5) is 34.0. The minimum absolute atomic E-state index is 0.00509. The van der Waals surface area contributed by atoms with Gasteiger partial charge in [-0.3, -0.25) is 9.78 Å². The number of carbonyl (C=O) groups is 2. The van der Waals surface area contributed by atoms with Crippen molar-refractivity contribution in [3.8, 4) is 11.5 Å². The van der Waals surface area contributed by atoms with Crippen LogP contribution in [0.3, 0.4) is 0 Å². The maximum atomic E-state index is 14.8. The van der Waals surface area contributed by atoms with Gasteiger partial charge in [-0.15, -0.1) is 11.3 Å². The molecule has 1 aromatic carbocycles. The molecule has 2 fully saturated rings. The van der Waals surface area contributed by atoms with E-state index in [2.05, 4.69) is 20.5 Å². The molecule has 2 saturated heterocycles. The second kappa shape index (κ2) is 9.76. The van der Waals surface area contributed by atoms with Crippen molar-refractivity contribution in [2.24, 2.45) is 0 Å². The first-order valence-corrected chi connectivity index (χ1v) is 12.2. The molecule has 35 heavy (non-hydrogen) atoms. The van der Waals surface area contributed by atoms with Crippen molar-refractivity contribution in [1.29, 1.82) is 0 Å². The number of hydrogen-bond acceptors (Lipinski definition) is 7. The van der Waals surface area contributed by atoms with Crippen LogP contribution in [-0.2, 0) is 4.74 Å². The molecule has 0 spiro atoms. The van der Waals surface area contributed by atoms with Crippen LogP contribution in [0.2, 0.25) is 0 Å². The standard InChI is InChI=1S/C24H26FN5O4S/c1-29(2)16-6-8-30(11-16)23(31)21-10-18-22(35-21)20(5-7-26-18)34-19-4-3-14(9-17(19)25)27-24(32)28-15-12-33-13-15/h3-5,7,9-10,15-16H,6,8,11-13H2,1-2H3,(H2,27,28,32).